The molecule has 1 aromatic carbocycles. The number of fused-ring (bicyclic) bond motifs is 2. The van der Waals surface area contributed by atoms with Crippen molar-refractivity contribution in [3.05, 3.63) is 53.5 Å². The van der Waals surface area contributed by atoms with E-state index in [2.05, 4.69) is 67.4 Å². The van der Waals surface area contributed by atoms with Gasteiger partial charge in [0.15, 0.2) is 5.65 Å². The van der Waals surface area contributed by atoms with Crippen LogP contribution >= 0.6 is 0 Å². The molecule has 1 atom stereocenters. The van der Waals surface area contributed by atoms with E-state index in [-0.39, 0.29) is 5.41 Å². The van der Waals surface area contributed by atoms with E-state index in [4.69, 9.17) is 9.40 Å². The maximum atomic E-state index is 10.2. The van der Waals surface area contributed by atoms with Crippen LogP contribution in [0.3, 0.4) is 0 Å². The van der Waals surface area contributed by atoms with E-state index in [1.54, 1.807) is 0 Å². The van der Waals surface area contributed by atoms with Crippen LogP contribution in [0.15, 0.2) is 41.1 Å². The number of benzene rings is 1. The largest absolute Gasteiger partial charge is 0.464 e. The molecule has 0 amide bonds. The first-order chi connectivity index (χ1) is 15.7. The lowest BCUT2D eigenvalue weighted by molar-refractivity contribution is 0.315. The molecule has 0 saturated carbocycles. The third kappa shape index (κ3) is 3.39. The number of nitriles is 1. The standard InChI is InChI=1S/C27H31N5O/c1-17-20(13-28)25-29-23(27(2,3)4)15-32(25)26(31-12-11-18(14-31)30(5)6)24(17)21-16-33-22-10-8-7-9-19(21)22/h7-10,15-16,18H,11-12,14H2,1-6H3/t18-/m0/s1. The number of rotatable bonds is 3. The van der Waals surface area contributed by atoms with E-state index in [0.717, 1.165) is 64.3 Å². The van der Waals surface area contributed by atoms with E-state index >= 15 is 0 Å². The molecule has 4 aromatic rings. The Hall–Kier alpha value is -3.30. The summed E-state index contributed by atoms with van der Waals surface area (Å²) in [5, 5.41) is 11.2. The highest BCUT2D eigenvalue weighted by atomic mass is 16.3. The second-order valence-corrected chi connectivity index (χ2v) is 10.4. The molecule has 0 bridgehead atoms. The Morgan fingerprint density at radius 2 is 1.97 bits per heavy atom. The van der Waals surface area contributed by atoms with Gasteiger partial charge in [-0.1, -0.05) is 39.0 Å². The number of para-hydroxylation sites is 1. The molecule has 6 nitrogen and oxygen atoms in total. The average molecular weight is 442 g/mol. The van der Waals surface area contributed by atoms with Crippen molar-refractivity contribution in [2.24, 2.45) is 0 Å². The van der Waals surface area contributed by atoms with Gasteiger partial charge in [0, 0.05) is 47.3 Å². The van der Waals surface area contributed by atoms with Gasteiger partial charge in [-0.05, 0) is 39.1 Å². The van der Waals surface area contributed by atoms with Crippen LogP contribution in [0.5, 0.6) is 0 Å². The van der Waals surface area contributed by atoms with Crippen LogP contribution in [-0.4, -0.2) is 47.5 Å². The van der Waals surface area contributed by atoms with E-state index in [0.29, 0.717) is 11.6 Å². The van der Waals surface area contributed by atoms with Crippen molar-refractivity contribution in [1.29, 1.82) is 5.26 Å². The van der Waals surface area contributed by atoms with Gasteiger partial charge in [-0.15, -0.1) is 0 Å². The van der Waals surface area contributed by atoms with Crippen LogP contribution in [0, 0.1) is 18.3 Å². The van der Waals surface area contributed by atoms with Crippen LogP contribution in [-0.2, 0) is 5.41 Å². The van der Waals surface area contributed by atoms with Gasteiger partial charge in [-0.25, -0.2) is 4.98 Å². The summed E-state index contributed by atoms with van der Waals surface area (Å²) in [6, 6.07) is 11.0. The molecule has 5 rings (SSSR count). The van der Waals surface area contributed by atoms with E-state index in [1.807, 2.05) is 31.4 Å². The van der Waals surface area contributed by atoms with Crippen molar-refractivity contribution in [3.63, 3.8) is 0 Å². The first-order valence-corrected chi connectivity index (χ1v) is 11.5. The summed E-state index contributed by atoms with van der Waals surface area (Å²) in [4.78, 5) is 9.72. The summed E-state index contributed by atoms with van der Waals surface area (Å²) in [5.41, 5.74) is 6.10. The summed E-state index contributed by atoms with van der Waals surface area (Å²) in [6.45, 7) is 10.4. The molecule has 6 heteroatoms. The van der Waals surface area contributed by atoms with Crippen molar-refractivity contribution in [1.82, 2.24) is 14.3 Å². The minimum Gasteiger partial charge on any atom is -0.464 e. The zero-order valence-corrected chi connectivity index (χ0v) is 20.3. The van der Waals surface area contributed by atoms with Crippen LogP contribution in [0.25, 0.3) is 27.7 Å². The van der Waals surface area contributed by atoms with Crippen molar-refractivity contribution in [2.75, 3.05) is 32.1 Å². The fourth-order valence-electron chi connectivity index (χ4n) is 4.95. The highest BCUT2D eigenvalue weighted by Crippen LogP contribution is 2.43. The summed E-state index contributed by atoms with van der Waals surface area (Å²) in [7, 11) is 4.29. The summed E-state index contributed by atoms with van der Waals surface area (Å²) >= 11 is 0. The second-order valence-electron chi connectivity index (χ2n) is 10.4. The minimum atomic E-state index is -0.121. The second kappa shape index (κ2) is 7.64. The number of anilines is 1. The molecule has 170 valence electrons. The molecule has 1 aliphatic rings. The Morgan fingerprint density at radius 3 is 2.64 bits per heavy atom. The molecule has 33 heavy (non-hydrogen) atoms. The lowest BCUT2D eigenvalue weighted by atomic mass is 9.93. The number of likely N-dealkylation sites (N-methyl/N-ethyl adjacent to an activating group) is 1. The van der Waals surface area contributed by atoms with Crippen LogP contribution in [0.4, 0.5) is 5.82 Å². The molecule has 0 radical (unpaired) electrons. The van der Waals surface area contributed by atoms with Crippen LogP contribution < -0.4 is 4.90 Å². The quantitative estimate of drug-likeness (QED) is 0.428. The number of hydrogen-bond donors (Lipinski definition) is 0. The number of furan rings is 1. The van der Waals surface area contributed by atoms with Crippen molar-refractivity contribution in [2.45, 2.75) is 45.6 Å². The lowest BCUT2D eigenvalue weighted by Crippen LogP contribution is -2.32. The molecule has 0 spiro atoms. The van der Waals surface area contributed by atoms with Crippen LogP contribution in [0.1, 0.15) is 44.0 Å². The van der Waals surface area contributed by atoms with Crippen LogP contribution in [0.2, 0.25) is 0 Å². The van der Waals surface area contributed by atoms with E-state index in [1.165, 1.54) is 0 Å². The predicted octanol–water partition coefficient (Wildman–Crippen LogP) is 5.37. The summed E-state index contributed by atoms with van der Waals surface area (Å²) in [5.74, 6) is 1.10. The smallest absolute Gasteiger partial charge is 0.156 e. The monoisotopic (exact) mass is 441 g/mol. The normalized spacial score (nSPS) is 16.9. The van der Waals surface area contributed by atoms with E-state index in [9.17, 15) is 5.26 Å². The Bertz CT molecular complexity index is 1400. The number of pyridine rings is 1. The van der Waals surface area contributed by atoms with E-state index < -0.39 is 0 Å². The average Bonchev–Trinajstić information content (AvgIpc) is 3.50. The molecule has 1 fully saturated rings. The minimum absolute atomic E-state index is 0.121. The van der Waals surface area contributed by atoms with Gasteiger partial charge in [0.2, 0.25) is 0 Å². The molecule has 4 heterocycles. The topological polar surface area (TPSA) is 60.7 Å². The van der Waals surface area contributed by atoms with Crippen molar-refractivity contribution >= 4 is 22.4 Å². The maximum absolute atomic E-state index is 10.2. The van der Waals surface area contributed by atoms with Crippen molar-refractivity contribution in [3.8, 4) is 17.2 Å². The third-order valence-electron chi connectivity index (χ3n) is 6.96. The van der Waals surface area contributed by atoms with Gasteiger partial charge < -0.3 is 14.2 Å². The first-order valence-electron chi connectivity index (χ1n) is 11.5. The summed E-state index contributed by atoms with van der Waals surface area (Å²) < 4.78 is 8.10. The Kier molecular flexibility index (Phi) is 4.98. The molecule has 0 N–H and O–H groups in total. The van der Waals surface area contributed by atoms with Gasteiger partial charge in [0.1, 0.15) is 17.5 Å². The molecular weight excluding hydrogens is 410 g/mol. The first kappa shape index (κ1) is 21.5. The highest BCUT2D eigenvalue weighted by molar-refractivity contribution is 5.99. The molecule has 1 aliphatic heterocycles. The number of nitrogens with zero attached hydrogens (tertiary/aromatic N) is 5. The van der Waals surface area contributed by atoms with Gasteiger partial charge in [-0.3, -0.25) is 4.40 Å². The van der Waals surface area contributed by atoms with Gasteiger partial charge in [-0.2, -0.15) is 5.26 Å². The fourth-order valence-corrected chi connectivity index (χ4v) is 4.95. The molecular formula is C27H31N5O. The number of imidazole rings is 1. The molecule has 3 aromatic heterocycles. The number of hydrogen-bond acceptors (Lipinski definition) is 5. The van der Waals surface area contributed by atoms with Gasteiger partial charge >= 0.3 is 0 Å². The maximum Gasteiger partial charge on any atom is 0.156 e. The zero-order valence-electron chi connectivity index (χ0n) is 20.3. The third-order valence-corrected chi connectivity index (χ3v) is 6.96. The predicted molar refractivity (Wildman–Crippen MR) is 133 cm³/mol. The summed E-state index contributed by atoms with van der Waals surface area (Å²) in [6.07, 6.45) is 5.06. The zero-order chi connectivity index (χ0) is 23.5. The Balaban J connectivity index is 1.87. The van der Waals surface area contributed by atoms with Gasteiger partial charge in [0.05, 0.1) is 17.5 Å². The Morgan fingerprint density at radius 1 is 1.21 bits per heavy atom. The number of aromatic nitrogens is 2. The van der Waals surface area contributed by atoms with Crippen molar-refractivity contribution < 1.29 is 4.42 Å². The fraction of sp³-hybridized carbons (Fsp3) is 0.407. The SMILES string of the molecule is Cc1c(-c2coc3ccccc23)c(N2CC[C@H](N(C)C)C2)n2cc(C(C)(C)C)nc2c1C#N. The highest BCUT2D eigenvalue weighted by Gasteiger charge is 2.32. The molecule has 0 unspecified atom stereocenters. The van der Waals surface area contributed by atoms with Gasteiger partial charge in [0.25, 0.3) is 0 Å². The Labute approximate surface area is 195 Å². The molecule has 1 saturated heterocycles. The lowest BCUT2D eigenvalue weighted by Gasteiger charge is -2.26. The molecule has 0 aliphatic carbocycles.